The molecule has 0 saturated carbocycles. The van der Waals surface area contributed by atoms with Crippen molar-refractivity contribution in [1.29, 1.82) is 0 Å². The van der Waals surface area contributed by atoms with Crippen LogP contribution in [0, 0.1) is 0 Å². The Kier molecular flexibility index (Phi) is 11.5. The predicted molar refractivity (Wildman–Crippen MR) is 125 cm³/mol. The van der Waals surface area contributed by atoms with E-state index in [2.05, 4.69) is 62.4 Å². The molecule has 0 spiro atoms. The summed E-state index contributed by atoms with van der Waals surface area (Å²) in [7, 11) is 0.799. The van der Waals surface area contributed by atoms with Crippen molar-refractivity contribution in [1.82, 2.24) is 0 Å². The zero-order valence-corrected chi connectivity index (χ0v) is 18.6. The van der Waals surface area contributed by atoms with E-state index in [1.54, 1.807) is 21.7 Å². The van der Waals surface area contributed by atoms with Crippen molar-refractivity contribution in [3.8, 4) is 0 Å². The highest BCUT2D eigenvalue weighted by Crippen LogP contribution is 2.19. The minimum absolute atomic E-state index is 0.799. The Morgan fingerprint density at radius 1 is 0.519 bits per heavy atom. The molecule has 0 aromatic heterocycles. The normalized spacial score (nSPS) is 11.0. The molecule has 2 aromatic rings. The highest BCUT2D eigenvalue weighted by atomic mass is 31.1. The van der Waals surface area contributed by atoms with Crippen LogP contribution in [0.2, 0.25) is 0 Å². The van der Waals surface area contributed by atoms with Crippen molar-refractivity contribution in [3.63, 3.8) is 0 Å². The predicted octanol–water partition coefficient (Wildman–Crippen LogP) is 7.34. The molecule has 0 aliphatic heterocycles. The summed E-state index contributed by atoms with van der Waals surface area (Å²) in [6.07, 6.45) is 16.1. The molecular formula is C26H39P. The first-order valence-corrected chi connectivity index (χ1v) is 12.3. The number of hydrogen-bond acceptors (Lipinski definition) is 0. The fourth-order valence-electron chi connectivity index (χ4n) is 3.70. The van der Waals surface area contributed by atoms with Crippen LogP contribution < -0.4 is 10.6 Å². The molecule has 1 heteroatoms. The van der Waals surface area contributed by atoms with Gasteiger partial charge in [-0.15, -0.1) is 0 Å². The van der Waals surface area contributed by atoms with Gasteiger partial charge in [-0.3, -0.25) is 0 Å². The maximum Gasteiger partial charge on any atom is -0.0194 e. The molecule has 0 aliphatic rings. The summed E-state index contributed by atoms with van der Waals surface area (Å²) in [6.45, 7) is 4.58. The van der Waals surface area contributed by atoms with Gasteiger partial charge < -0.3 is 0 Å². The van der Waals surface area contributed by atoms with E-state index < -0.39 is 0 Å². The van der Waals surface area contributed by atoms with Crippen molar-refractivity contribution in [2.75, 3.05) is 0 Å². The fourth-order valence-corrected chi connectivity index (χ4v) is 5.09. The van der Waals surface area contributed by atoms with Crippen LogP contribution >= 0.6 is 8.58 Å². The van der Waals surface area contributed by atoms with Gasteiger partial charge in [0, 0.05) is 0 Å². The first-order valence-electron chi connectivity index (χ1n) is 11.3. The second-order valence-electron chi connectivity index (χ2n) is 7.77. The molecule has 0 saturated heterocycles. The Hall–Kier alpha value is -1.13. The number of benzene rings is 2. The molecular weight excluding hydrogens is 343 g/mol. The SMILES string of the molecule is CCCCCCCc1ccccc1Pc1ccccc1CCCCCCC. The average molecular weight is 383 g/mol. The highest BCUT2D eigenvalue weighted by Gasteiger charge is 2.07. The number of rotatable bonds is 14. The summed E-state index contributed by atoms with van der Waals surface area (Å²) in [5, 5.41) is 3.12. The Balaban J connectivity index is 1.94. The maximum absolute atomic E-state index is 2.36. The molecule has 0 radical (unpaired) electrons. The third-order valence-electron chi connectivity index (χ3n) is 5.40. The first kappa shape index (κ1) is 22.2. The molecule has 0 N–H and O–H groups in total. The zero-order chi connectivity index (χ0) is 19.2. The van der Waals surface area contributed by atoms with Crippen molar-refractivity contribution in [2.45, 2.75) is 90.9 Å². The molecule has 0 fully saturated rings. The van der Waals surface area contributed by atoms with Crippen LogP contribution in [0.4, 0.5) is 0 Å². The number of unbranched alkanes of at least 4 members (excludes halogenated alkanes) is 8. The van der Waals surface area contributed by atoms with Crippen molar-refractivity contribution >= 4 is 19.2 Å². The topological polar surface area (TPSA) is 0 Å². The van der Waals surface area contributed by atoms with Gasteiger partial charge in [-0.2, -0.15) is 0 Å². The maximum atomic E-state index is 2.36. The summed E-state index contributed by atoms with van der Waals surface area (Å²) in [6, 6.07) is 18.3. The number of aryl methyl sites for hydroxylation is 2. The quantitative estimate of drug-likeness (QED) is 0.237. The van der Waals surface area contributed by atoms with E-state index in [4.69, 9.17) is 0 Å². The monoisotopic (exact) mass is 382 g/mol. The van der Waals surface area contributed by atoms with Crippen LogP contribution in [-0.4, -0.2) is 0 Å². The third-order valence-corrected chi connectivity index (χ3v) is 6.92. The largest absolute Gasteiger partial charge is 0.0654 e. The lowest BCUT2D eigenvalue weighted by atomic mass is 10.1. The van der Waals surface area contributed by atoms with Gasteiger partial charge >= 0.3 is 0 Å². The average Bonchev–Trinajstić information content (AvgIpc) is 2.70. The van der Waals surface area contributed by atoms with Crippen LogP contribution in [0.3, 0.4) is 0 Å². The third kappa shape index (κ3) is 8.61. The number of hydrogen-bond donors (Lipinski definition) is 0. The van der Waals surface area contributed by atoms with Gasteiger partial charge in [0.1, 0.15) is 0 Å². The standard InChI is InChI=1S/C26H39P/c1-3-5-7-9-11-17-23-19-13-15-21-25(23)27-26-22-16-14-20-24(26)18-12-10-8-6-4-2/h13-16,19-22,27H,3-12,17-18H2,1-2H3. The van der Waals surface area contributed by atoms with Crippen LogP contribution in [0.25, 0.3) is 0 Å². The zero-order valence-electron chi connectivity index (χ0n) is 17.6. The van der Waals surface area contributed by atoms with E-state index in [1.165, 1.54) is 77.0 Å². The van der Waals surface area contributed by atoms with E-state index in [0.29, 0.717) is 0 Å². The Morgan fingerprint density at radius 2 is 0.926 bits per heavy atom. The Morgan fingerprint density at radius 3 is 1.37 bits per heavy atom. The van der Waals surface area contributed by atoms with Crippen LogP contribution in [0.5, 0.6) is 0 Å². The lowest BCUT2D eigenvalue weighted by Gasteiger charge is -2.13. The van der Waals surface area contributed by atoms with Crippen molar-refractivity contribution in [2.24, 2.45) is 0 Å². The van der Waals surface area contributed by atoms with E-state index in [1.807, 2.05) is 0 Å². The summed E-state index contributed by atoms with van der Waals surface area (Å²) in [5.41, 5.74) is 3.15. The Bertz CT molecular complexity index is 576. The fraction of sp³-hybridized carbons (Fsp3) is 0.538. The van der Waals surface area contributed by atoms with E-state index >= 15 is 0 Å². The van der Waals surface area contributed by atoms with Gasteiger partial charge in [0.15, 0.2) is 0 Å². The minimum Gasteiger partial charge on any atom is -0.0654 e. The van der Waals surface area contributed by atoms with Crippen LogP contribution in [0.15, 0.2) is 48.5 Å². The van der Waals surface area contributed by atoms with Crippen LogP contribution in [0.1, 0.15) is 89.2 Å². The van der Waals surface area contributed by atoms with Gasteiger partial charge in [-0.05, 0) is 47.4 Å². The highest BCUT2D eigenvalue weighted by molar-refractivity contribution is 7.55. The van der Waals surface area contributed by atoms with Gasteiger partial charge in [0.25, 0.3) is 0 Å². The molecule has 0 heterocycles. The summed E-state index contributed by atoms with van der Waals surface area (Å²) in [4.78, 5) is 0. The second kappa shape index (κ2) is 14.0. The van der Waals surface area contributed by atoms with Crippen molar-refractivity contribution in [3.05, 3.63) is 59.7 Å². The Labute approximate surface area is 170 Å². The lowest BCUT2D eigenvalue weighted by Crippen LogP contribution is -2.12. The molecule has 0 unspecified atom stereocenters. The molecule has 0 nitrogen and oxygen atoms in total. The molecule has 2 aromatic carbocycles. The summed E-state index contributed by atoms with van der Waals surface area (Å²) in [5.74, 6) is 0. The van der Waals surface area contributed by atoms with E-state index in [-0.39, 0.29) is 0 Å². The smallest absolute Gasteiger partial charge is 0.0194 e. The van der Waals surface area contributed by atoms with E-state index in [0.717, 1.165) is 8.58 Å². The summed E-state index contributed by atoms with van der Waals surface area (Å²) >= 11 is 0. The molecule has 0 bridgehead atoms. The summed E-state index contributed by atoms with van der Waals surface area (Å²) < 4.78 is 0. The molecule has 0 atom stereocenters. The minimum atomic E-state index is 0.799. The molecule has 0 amide bonds. The lowest BCUT2D eigenvalue weighted by molar-refractivity contribution is 0.633. The van der Waals surface area contributed by atoms with Gasteiger partial charge in [0.2, 0.25) is 0 Å². The van der Waals surface area contributed by atoms with Gasteiger partial charge in [-0.25, -0.2) is 0 Å². The first-order chi connectivity index (χ1) is 13.3. The molecule has 148 valence electrons. The van der Waals surface area contributed by atoms with Crippen molar-refractivity contribution < 1.29 is 0 Å². The molecule has 2 rings (SSSR count). The molecule has 27 heavy (non-hydrogen) atoms. The van der Waals surface area contributed by atoms with E-state index in [9.17, 15) is 0 Å². The molecule has 0 aliphatic carbocycles. The second-order valence-corrected chi connectivity index (χ2v) is 9.10. The van der Waals surface area contributed by atoms with Gasteiger partial charge in [0.05, 0.1) is 0 Å². The van der Waals surface area contributed by atoms with Crippen LogP contribution in [-0.2, 0) is 12.8 Å². The van der Waals surface area contributed by atoms with Gasteiger partial charge in [-0.1, -0.05) is 122 Å².